The lowest BCUT2D eigenvalue weighted by molar-refractivity contribution is 0.0239. The average Bonchev–Trinajstić information content (AvgIpc) is 3.15. The molecule has 3 unspecified atom stereocenters. The number of carbonyl (C=O) groups excluding carboxylic acids is 1. The summed E-state index contributed by atoms with van der Waals surface area (Å²) >= 11 is 34.6. The van der Waals surface area contributed by atoms with Gasteiger partial charge in [-0.3, -0.25) is 0 Å². The van der Waals surface area contributed by atoms with Gasteiger partial charge < -0.3 is 9.47 Å². The third-order valence-electron chi connectivity index (χ3n) is 2.71. The lowest BCUT2D eigenvalue weighted by Crippen LogP contribution is -2.38. The van der Waals surface area contributed by atoms with Gasteiger partial charge in [0, 0.05) is 0 Å². The molecule has 0 spiro atoms. The second-order valence-corrected chi connectivity index (χ2v) is 9.03. The second kappa shape index (κ2) is 6.48. The van der Waals surface area contributed by atoms with E-state index in [2.05, 4.69) is 0 Å². The third kappa shape index (κ3) is 4.68. The Balaban J connectivity index is 2.11. The Morgan fingerprint density at radius 3 is 2.10 bits per heavy atom. The van der Waals surface area contributed by atoms with Gasteiger partial charge in [0.1, 0.15) is 12.2 Å². The maximum absolute atomic E-state index is 12.0. The standard InChI is InChI=1S/C12H8Cl6O3/c13-11(14,15)8-7(20-8)9(12(16,17)18)21-10(19)6-4-2-1-3-5-6/h1-5,7-9H. The van der Waals surface area contributed by atoms with Gasteiger partial charge in [-0.15, -0.1) is 0 Å². The molecule has 0 saturated carbocycles. The molecule has 1 saturated heterocycles. The molecule has 1 fully saturated rings. The van der Waals surface area contributed by atoms with Crippen LogP contribution in [0.5, 0.6) is 0 Å². The molecule has 0 aromatic heterocycles. The van der Waals surface area contributed by atoms with Crippen LogP contribution in [0.25, 0.3) is 0 Å². The van der Waals surface area contributed by atoms with E-state index < -0.39 is 31.9 Å². The van der Waals surface area contributed by atoms with Crippen LogP contribution in [0.3, 0.4) is 0 Å². The highest BCUT2D eigenvalue weighted by molar-refractivity contribution is 6.69. The van der Waals surface area contributed by atoms with Crippen molar-refractivity contribution in [2.75, 3.05) is 0 Å². The Labute approximate surface area is 151 Å². The van der Waals surface area contributed by atoms with Gasteiger partial charge in [0.2, 0.25) is 7.59 Å². The lowest BCUT2D eigenvalue weighted by Gasteiger charge is -2.23. The maximum Gasteiger partial charge on any atom is 0.338 e. The van der Waals surface area contributed by atoms with Gasteiger partial charge in [0.15, 0.2) is 6.10 Å². The highest BCUT2D eigenvalue weighted by Gasteiger charge is 2.62. The molecule has 9 heteroatoms. The summed E-state index contributed by atoms with van der Waals surface area (Å²) in [4.78, 5) is 12.0. The summed E-state index contributed by atoms with van der Waals surface area (Å²) in [6.45, 7) is 0. The number of hydrogen-bond donors (Lipinski definition) is 0. The molecule has 3 atom stereocenters. The molecule has 1 aliphatic rings. The van der Waals surface area contributed by atoms with Gasteiger partial charge in [-0.05, 0) is 12.1 Å². The fourth-order valence-corrected chi connectivity index (χ4v) is 2.73. The average molecular weight is 413 g/mol. The molecule has 1 aromatic rings. The number of hydrogen-bond acceptors (Lipinski definition) is 3. The van der Waals surface area contributed by atoms with E-state index in [1.807, 2.05) is 0 Å². The van der Waals surface area contributed by atoms with Crippen molar-refractivity contribution in [1.29, 1.82) is 0 Å². The minimum atomic E-state index is -1.92. The van der Waals surface area contributed by atoms with E-state index in [0.717, 1.165) is 0 Å². The molecule has 1 aliphatic heterocycles. The molecule has 0 amide bonds. The first-order valence-corrected chi connectivity index (χ1v) is 7.92. The van der Waals surface area contributed by atoms with E-state index in [1.165, 1.54) is 0 Å². The van der Waals surface area contributed by atoms with Crippen molar-refractivity contribution in [1.82, 2.24) is 0 Å². The molecule has 1 heterocycles. The number of alkyl halides is 6. The minimum Gasteiger partial charge on any atom is -0.451 e. The first kappa shape index (κ1) is 17.7. The van der Waals surface area contributed by atoms with Crippen molar-refractivity contribution in [3.05, 3.63) is 35.9 Å². The summed E-state index contributed by atoms with van der Waals surface area (Å²) in [6.07, 6.45) is -2.82. The van der Waals surface area contributed by atoms with Crippen LogP contribution in [0, 0.1) is 0 Å². The van der Waals surface area contributed by atoms with E-state index in [9.17, 15) is 4.79 Å². The quantitative estimate of drug-likeness (QED) is 0.409. The Kier molecular flexibility index (Phi) is 5.48. The second-order valence-electron chi connectivity index (χ2n) is 4.30. The summed E-state index contributed by atoms with van der Waals surface area (Å²) < 4.78 is 6.78. The van der Waals surface area contributed by atoms with Gasteiger partial charge in [-0.1, -0.05) is 87.8 Å². The van der Waals surface area contributed by atoms with Crippen LogP contribution in [0.1, 0.15) is 10.4 Å². The molecule has 116 valence electrons. The van der Waals surface area contributed by atoms with Gasteiger partial charge in [0.25, 0.3) is 0 Å². The molecular formula is C12H8Cl6O3. The van der Waals surface area contributed by atoms with Crippen LogP contribution in [-0.4, -0.2) is 31.9 Å². The van der Waals surface area contributed by atoms with E-state index in [-0.39, 0.29) is 0 Å². The maximum atomic E-state index is 12.0. The zero-order chi connectivity index (χ0) is 15.8. The smallest absolute Gasteiger partial charge is 0.338 e. The number of ether oxygens (including phenoxy) is 2. The molecule has 1 aromatic carbocycles. The Morgan fingerprint density at radius 2 is 1.67 bits per heavy atom. The zero-order valence-electron chi connectivity index (χ0n) is 10.1. The molecule has 2 rings (SSSR count). The lowest BCUT2D eigenvalue weighted by atomic mass is 10.2. The number of benzene rings is 1. The SMILES string of the molecule is O=C(OC(C1OC1C(Cl)(Cl)Cl)C(Cl)(Cl)Cl)c1ccccc1. The van der Waals surface area contributed by atoms with Crippen LogP contribution < -0.4 is 0 Å². The summed E-state index contributed by atoms with van der Waals surface area (Å²) in [5.41, 5.74) is 0.308. The normalized spacial score (nSPS) is 23.5. The van der Waals surface area contributed by atoms with Crippen LogP contribution >= 0.6 is 69.6 Å². The van der Waals surface area contributed by atoms with Crippen molar-refractivity contribution in [3.8, 4) is 0 Å². The van der Waals surface area contributed by atoms with E-state index in [0.29, 0.717) is 5.56 Å². The van der Waals surface area contributed by atoms with E-state index in [1.54, 1.807) is 30.3 Å². The highest BCUT2D eigenvalue weighted by Crippen LogP contribution is 2.49. The van der Waals surface area contributed by atoms with Crippen molar-refractivity contribution in [3.63, 3.8) is 0 Å². The molecule has 0 radical (unpaired) electrons. The molecule has 0 N–H and O–H groups in total. The van der Waals surface area contributed by atoms with E-state index in [4.69, 9.17) is 79.1 Å². The first-order valence-electron chi connectivity index (χ1n) is 5.65. The van der Waals surface area contributed by atoms with Crippen LogP contribution in [0.15, 0.2) is 30.3 Å². The fraction of sp³-hybridized carbons (Fsp3) is 0.417. The molecule has 21 heavy (non-hydrogen) atoms. The van der Waals surface area contributed by atoms with Crippen molar-refractivity contribution in [2.24, 2.45) is 0 Å². The van der Waals surface area contributed by atoms with Crippen LogP contribution in [0.4, 0.5) is 0 Å². The number of esters is 1. The Hall–Kier alpha value is 0.390. The number of epoxide rings is 1. The molecule has 3 nitrogen and oxygen atoms in total. The summed E-state index contributed by atoms with van der Waals surface area (Å²) in [6, 6.07) is 8.25. The van der Waals surface area contributed by atoms with E-state index >= 15 is 0 Å². The third-order valence-corrected chi connectivity index (χ3v) is 4.00. The number of carbonyl (C=O) groups is 1. The monoisotopic (exact) mass is 410 g/mol. The molecule has 0 aliphatic carbocycles. The van der Waals surface area contributed by atoms with Crippen molar-refractivity contribution in [2.45, 2.75) is 25.9 Å². The molecule has 0 bridgehead atoms. The van der Waals surface area contributed by atoms with Crippen molar-refractivity contribution >= 4 is 75.6 Å². The number of rotatable bonds is 3. The largest absolute Gasteiger partial charge is 0.451 e. The fourth-order valence-electron chi connectivity index (χ4n) is 1.70. The van der Waals surface area contributed by atoms with Crippen molar-refractivity contribution < 1.29 is 14.3 Å². The zero-order valence-corrected chi connectivity index (χ0v) is 14.6. The Morgan fingerprint density at radius 1 is 1.10 bits per heavy atom. The topological polar surface area (TPSA) is 38.8 Å². The summed E-state index contributed by atoms with van der Waals surface area (Å²) in [5, 5.41) is 0. The Bertz CT molecular complexity index is 510. The van der Waals surface area contributed by atoms with Crippen LogP contribution in [0.2, 0.25) is 0 Å². The first-order chi connectivity index (χ1) is 9.60. The predicted molar refractivity (Wildman–Crippen MR) is 84.9 cm³/mol. The highest BCUT2D eigenvalue weighted by atomic mass is 35.6. The summed E-state index contributed by atoms with van der Waals surface area (Å²) in [5.74, 6) is -0.662. The molecular weight excluding hydrogens is 405 g/mol. The van der Waals surface area contributed by atoms with Gasteiger partial charge in [0.05, 0.1) is 5.56 Å². The number of halogens is 6. The van der Waals surface area contributed by atoms with Gasteiger partial charge >= 0.3 is 5.97 Å². The van der Waals surface area contributed by atoms with Gasteiger partial charge in [-0.2, -0.15) is 0 Å². The van der Waals surface area contributed by atoms with Crippen LogP contribution in [-0.2, 0) is 9.47 Å². The summed E-state index contributed by atoms with van der Waals surface area (Å²) in [7, 11) is 0. The van der Waals surface area contributed by atoms with Gasteiger partial charge in [-0.25, -0.2) is 4.79 Å². The predicted octanol–water partition coefficient (Wildman–Crippen LogP) is 4.72. The minimum absolute atomic E-state index is 0.308.